The molecule has 124 valence electrons. The molecule has 1 atom stereocenters. The van der Waals surface area contributed by atoms with Crippen LogP contribution in [-0.2, 0) is 16.0 Å². The van der Waals surface area contributed by atoms with Gasteiger partial charge in [-0.1, -0.05) is 6.07 Å². The van der Waals surface area contributed by atoms with Gasteiger partial charge in [-0.2, -0.15) is 0 Å². The number of nitrogens with zero attached hydrogens (tertiary/aromatic N) is 3. The zero-order valence-electron chi connectivity index (χ0n) is 13.1. The van der Waals surface area contributed by atoms with Crippen LogP contribution in [0.1, 0.15) is 18.9 Å². The number of aromatic nitrogens is 2. The van der Waals surface area contributed by atoms with Gasteiger partial charge in [-0.25, -0.2) is 14.6 Å². The van der Waals surface area contributed by atoms with Gasteiger partial charge < -0.3 is 19.7 Å². The maximum Gasteiger partial charge on any atom is 0.344 e. The highest BCUT2D eigenvalue weighted by Gasteiger charge is 2.27. The van der Waals surface area contributed by atoms with Crippen LogP contribution in [0.3, 0.4) is 0 Å². The van der Waals surface area contributed by atoms with Gasteiger partial charge in [-0.05, 0) is 37.5 Å². The molecule has 2 aromatic rings. The van der Waals surface area contributed by atoms with Crippen LogP contribution >= 0.6 is 0 Å². The number of aliphatic carboxylic acids is 2. The molecule has 0 spiro atoms. The number of anilines is 1. The fourth-order valence-corrected chi connectivity index (χ4v) is 2.97. The van der Waals surface area contributed by atoms with Gasteiger partial charge in [-0.15, -0.1) is 0 Å². The van der Waals surface area contributed by atoms with Crippen LogP contribution in [0.4, 0.5) is 5.69 Å². The molecule has 0 saturated carbocycles. The first kappa shape index (κ1) is 15.8. The molecule has 7 heteroatoms. The lowest BCUT2D eigenvalue weighted by molar-refractivity contribution is -0.140. The topological polar surface area (TPSA) is 95.7 Å². The molecule has 2 heterocycles. The van der Waals surface area contributed by atoms with E-state index in [0.29, 0.717) is 0 Å². The summed E-state index contributed by atoms with van der Waals surface area (Å²) < 4.78 is 1.89. The zero-order valence-corrected chi connectivity index (χ0v) is 13.1. The highest BCUT2D eigenvalue weighted by atomic mass is 16.4. The maximum atomic E-state index is 11.2. The molecule has 0 fully saturated rings. The quantitative estimate of drug-likeness (QED) is 0.507. The number of carboxylic acid groups (broad SMARTS) is 2. The fraction of sp³-hybridized carbons (Fsp3) is 0.235. The summed E-state index contributed by atoms with van der Waals surface area (Å²) in [6.07, 6.45) is 8.06. The third-order valence-corrected chi connectivity index (χ3v) is 4.20. The number of hydrogen-bond acceptors (Lipinski definition) is 4. The Balaban J connectivity index is 2.12. The van der Waals surface area contributed by atoms with Gasteiger partial charge in [0.15, 0.2) is 5.57 Å². The van der Waals surface area contributed by atoms with Crippen molar-refractivity contribution >= 4 is 17.6 Å². The van der Waals surface area contributed by atoms with Gasteiger partial charge in [0.05, 0.1) is 12.0 Å². The summed E-state index contributed by atoms with van der Waals surface area (Å²) in [6, 6.07) is 5.72. The first-order valence-electron chi connectivity index (χ1n) is 7.56. The van der Waals surface area contributed by atoms with E-state index in [9.17, 15) is 9.59 Å². The van der Waals surface area contributed by atoms with Crippen molar-refractivity contribution < 1.29 is 19.8 Å². The Morgan fingerprint density at radius 3 is 2.58 bits per heavy atom. The lowest BCUT2D eigenvalue weighted by atomic mass is 9.95. The molecule has 3 rings (SSSR count). The molecule has 1 aliphatic rings. The molecular formula is C17H17N3O4. The first-order chi connectivity index (χ1) is 11.5. The Hall–Kier alpha value is -3.09. The molecule has 0 aliphatic carbocycles. The van der Waals surface area contributed by atoms with Crippen molar-refractivity contribution in [3.05, 3.63) is 54.3 Å². The van der Waals surface area contributed by atoms with Crippen LogP contribution in [0.25, 0.3) is 5.69 Å². The highest BCUT2D eigenvalue weighted by molar-refractivity contribution is 6.12. The molecular weight excluding hydrogens is 310 g/mol. The molecule has 24 heavy (non-hydrogen) atoms. The van der Waals surface area contributed by atoms with Crippen molar-refractivity contribution in [1.29, 1.82) is 0 Å². The molecule has 0 radical (unpaired) electrons. The van der Waals surface area contributed by atoms with Crippen molar-refractivity contribution in [2.24, 2.45) is 0 Å². The molecule has 0 bridgehead atoms. The zero-order chi connectivity index (χ0) is 17.3. The van der Waals surface area contributed by atoms with Crippen molar-refractivity contribution in [3.8, 4) is 5.69 Å². The third kappa shape index (κ3) is 2.76. The van der Waals surface area contributed by atoms with Crippen molar-refractivity contribution in [3.63, 3.8) is 0 Å². The van der Waals surface area contributed by atoms with Crippen LogP contribution in [0.15, 0.2) is 48.7 Å². The normalized spacial score (nSPS) is 16.4. The number of carbonyl (C=O) groups is 2. The number of benzene rings is 1. The lowest BCUT2D eigenvalue weighted by Gasteiger charge is -2.35. The van der Waals surface area contributed by atoms with Crippen LogP contribution < -0.4 is 4.90 Å². The SMILES string of the molecule is CC1CCc2c(cccc2-n2ccnc2)N1C=C(C(=O)O)C(=O)O. The smallest absolute Gasteiger partial charge is 0.344 e. The Labute approximate surface area is 138 Å². The average Bonchev–Trinajstić information content (AvgIpc) is 3.06. The minimum Gasteiger partial charge on any atom is -0.477 e. The monoisotopic (exact) mass is 327 g/mol. The summed E-state index contributed by atoms with van der Waals surface area (Å²) in [4.78, 5) is 28.2. The second-order valence-corrected chi connectivity index (χ2v) is 5.69. The summed E-state index contributed by atoms with van der Waals surface area (Å²) in [5.41, 5.74) is 2.17. The minimum absolute atomic E-state index is 0.00392. The lowest BCUT2D eigenvalue weighted by Crippen LogP contribution is -2.34. The third-order valence-electron chi connectivity index (χ3n) is 4.20. The summed E-state index contributed by atoms with van der Waals surface area (Å²) >= 11 is 0. The van der Waals surface area contributed by atoms with Gasteiger partial charge >= 0.3 is 11.9 Å². The first-order valence-corrected chi connectivity index (χ1v) is 7.56. The standard InChI is InChI=1S/C17H17N3O4/c1-11-5-6-12-14(19-8-7-18-10-19)3-2-4-15(12)20(11)9-13(16(21)22)17(23)24/h2-4,7-11H,5-6H2,1H3,(H,21,22)(H,23,24). The number of rotatable bonds is 4. The van der Waals surface area contributed by atoms with Gasteiger partial charge in [0.2, 0.25) is 0 Å². The van der Waals surface area contributed by atoms with Crippen LogP contribution in [0, 0.1) is 0 Å². The summed E-state index contributed by atoms with van der Waals surface area (Å²) in [6.45, 7) is 1.95. The second kappa shape index (κ2) is 6.19. The Bertz CT molecular complexity index is 795. The van der Waals surface area contributed by atoms with E-state index in [1.807, 2.05) is 35.9 Å². The van der Waals surface area contributed by atoms with Gasteiger partial charge in [0, 0.05) is 30.3 Å². The molecule has 1 aromatic heterocycles. The van der Waals surface area contributed by atoms with Crippen molar-refractivity contribution in [1.82, 2.24) is 9.55 Å². The van der Waals surface area contributed by atoms with Crippen molar-refractivity contribution in [2.75, 3.05) is 4.90 Å². The predicted molar refractivity (Wildman–Crippen MR) is 87.2 cm³/mol. The van der Waals surface area contributed by atoms with Gasteiger partial charge in [0.25, 0.3) is 0 Å². The van der Waals surface area contributed by atoms with Crippen LogP contribution in [0.5, 0.6) is 0 Å². The molecule has 2 N–H and O–H groups in total. The molecule has 0 amide bonds. The number of carboxylic acids is 2. The second-order valence-electron chi connectivity index (χ2n) is 5.69. The van der Waals surface area contributed by atoms with E-state index in [1.54, 1.807) is 17.4 Å². The maximum absolute atomic E-state index is 11.2. The summed E-state index contributed by atoms with van der Waals surface area (Å²) in [5.74, 6) is -2.90. The molecule has 1 unspecified atom stereocenters. The Morgan fingerprint density at radius 2 is 1.96 bits per heavy atom. The number of imidazole rings is 1. The minimum atomic E-state index is -1.45. The van der Waals surface area contributed by atoms with E-state index >= 15 is 0 Å². The van der Waals surface area contributed by atoms with Gasteiger partial charge in [0.1, 0.15) is 0 Å². The Morgan fingerprint density at radius 1 is 1.25 bits per heavy atom. The van der Waals surface area contributed by atoms with E-state index in [2.05, 4.69) is 4.98 Å². The number of fused-ring (bicyclic) bond motifs is 1. The van der Waals surface area contributed by atoms with E-state index < -0.39 is 17.5 Å². The summed E-state index contributed by atoms with van der Waals surface area (Å²) in [5, 5.41) is 18.3. The number of hydrogen-bond donors (Lipinski definition) is 2. The average molecular weight is 327 g/mol. The predicted octanol–water partition coefficient (Wildman–Crippen LogP) is 2.07. The summed E-state index contributed by atoms with van der Waals surface area (Å²) in [7, 11) is 0. The van der Waals surface area contributed by atoms with E-state index in [0.717, 1.165) is 29.8 Å². The fourth-order valence-electron chi connectivity index (χ4n) is 2.97. The highest BCUT2D eigenvalue weighted by Crippen LogP contribution is 2.35. The molecule has 0 saturated heterocycles. The van der Waals surface area contributed by atoms with E-state index in [-0.39, 0.29) is 6.04 Å². The molecule has 1 aliphatic heterocycles. The molecule has 7 nitrogen and oxygen atoms in total. The largest absolute Gasteiger partial charge is 0.477 e. The van der Waals surface area contributed by atoms with Crippen molar-refractivity contribution in [2.45, 2.75) is 25.8 Å². The van der Waals surface area contributed by atoms with Gasteiger partial charge in [-0.3, -0.25) is 0 Å². The van der Waals surface area contributed by atoms with E-state index in [1.165, 1.54) is 6.20 Å². The van der Waals surface area contributed by atoms with Crippen LogP contribution in [-0.4, -0.2) is 37.7 Å². The van der Waals surface area contributed by atoms with E-state index in [4.69, 9.17) is 10.2 Å². The molecule has 1 aromatic carbocycles. The Kier molecular flexibility index (Phi) is 4.07. The van der Waals surface area contributed by atoms with Crippen LogP contribution in [0.2, 0.25) is 0 Å².